The highest BCUT2D eigenvalue weighted by Gasteiger charge is 2.25. The molecule has 2 aromatic rings. The summed E-state index contributed by atoms with van der Waals surface area (Å²) in [6.07, 6.45) is 4.03. The average molecular weight is 399 g/mol. The minimum atomic E-state index is -1.26. The fourth-order valence-corrected chi connectivity index (χ4v) is 3.22. The largest absolute Gasteiger partial charge is 0.469 e. The summed E-state index contributed by atoms with van der Waals surface area (Å²) in [6, 6.07) is 10.3. The molecule has 154 valence electrons. The number of furan rings is 1. The summed E-state index contributed by atoms with van der Waals surface area (Å²) < 4.78 is 5.19. The van der Waals surface area contributed by atoms with E-state index >= 15 is 0 Å². The second kappa shape index (κ2) is 8.91. The molecule has 0 bridgehead atoms. The maximum absolute atomic E-state index is 12.2. The molecule has 1 aromatic carbocycles. The minimum absolute atomic E-state index is 0.0521. The molecule has 8 heteroatoms. The van der Waals surface area contributed by atoms with Crippen molar-refractivity contribution in [1.29, 1.82) is 0 Å². The summed E-state index contributed by atoms with van der Waals surface area (Å²) in [5, 5.41) is 15.3. The number of hydrogen-bond acceptors (Lipinski definition) is 5. The molecule has 1 saturated heterocycles. The Bertz CT molecular complexity index is 876. The Morgan fingerprint density at radius 1 is 1.21 bits per heavy atom. The van der Waals surface area contributed by atoms with Gasteiger partial charge in [-0.25, -0.2) is 0 Å². The van der Waals surface area contributed by atoms with Crippen molar-refractivity contribution in [3.63, 3.8) is 0 Å². The second-order valence-electron chi connectivity index (χ2n) is 7.44. The van der Waals surface area contributed by atoms with E-state index in [2.05, 4.69) is 10.6 Å². The van der Waals surface area contributed by atoms with Crippen LogP contribution in [-0.4, -0.2) is 41.5 Å². The zero-order valence-electron chi connectivity index (χ0n) is 16.3. The molecule has 3 amide bonds. The van der Waals surface area contributed by atoms with Crippen LogP contribution in [-0.2, 0) is 20.8 Å². The van der Waals surface area contributed by atoms with Crippen LogP contribution in [0.1, 0.15) is 31.9 Å². The zero-order valence-corrected chi connectivity index (χ0v) is 16.3. The van der Waals surface area contributed by atoms with E-state index in [1.54, 1.807) is 48.2 Å². The molecule has 0 aliphatic carbocycles. The van der Waals surface area contributed by atoms with Gasteiger partial charge in [0.1, 0.15) is 5.76 Å². The molecule has 1 atom stereocenters. The minimum Gasteiger partial charge on any atom is -0.469 e. The lowest BCUT2D eigenvalue weighted by Gasteiger charge is -2.27. The SMILES string of the molecule is C[C@](O)(CNC(=O)C(=O)Nc1cccc(N2CCCCC2=O)c1)Cc1ccco1. The van der Waals surface area contributed by atoms with Gasteiger partial charge < -0.3 is 25.1 Å². The summed E-state index contributed by atoms with van der Waals surface area (Å²) in [5.41, 5.74) is -0.153. The van der Waals surface area contributed by atoms with Crippen LogP contribution in [0.15, 0.2) is 47.1 Å². The van der Waals surface area contributed by atoms with Gasteiger partial charge in [0.05, 0.1) is 11.9 Å². The van der Waals surface area contributed by atoms with Gasteiger partial charge in [-0.2, -0.15) is 0 Å². The van der Waals surface area contributed by atoms with Crippen LogP contribution in [0.5, 0.6) is 0 Å². The lowest BCUT2D eigenvalue weighted by atomic mass is 10.0. The highest BCUT2D eigenvalue weighted by molar-refractivity contribution is 6.39. The molecule has 0 radical (unpaired) electrons. The molecule has 3 N–H and O–H groups in total. The number of carbonyl (C=O) groups is 3. The molecular weight excluding hydrogens is 374 g/mol. The van der Waals surface area contributed by atoms with Gasteiger partial charge in [0.25, 0.3) is 0 Å². The number of anilines is 2. The van der Waals surface area contributed by atoms with Gasteiger partial charge >= 0.3 is 11.8 Å². The van der Waals surface area contributed by atoms with E-state index in [1.165, 1.54) is 6.26 Å². The van der Waals surface area contributed by atoms with Gasteiger partial charge in [0, 0.05) is 37.3 Å². The van der Waals surface area contributed by atoms with E-state index in [0.29, 0.717) is 30.1 Å². The third kappa shape index (κ3) is 5.68. The molecule has 8 nitrogen and oxygen atoms in total. The summed E-state index contributed by atoms with van der Waals surface area (Å²) in [7, 11) is 0. The number of carbonyl (C=O) groups excluding carboxylic acids is 3. The van der Waals surface area contributed by atoms with E-state index in [4.69, 9.17) is 4.42 Å². The van der Waals surface area contributed by atoms with Crippen molar-refractivity contribution in [2.45, 2.75) is 38.2 Å². The quantitative estimate of drug-likeness (QED) is 0.642. The third-order valence-corrected chi connectivity index (χ3v) is 4.71. The Labute approximate surface area is 168 Å². The van der Waals surface area contributed by atoms with Gasteiger partial charge in [-0.05, 0) is 50.1 Å². The zero-order chi connectivity index (χ0) is 20.9. The van der Waals surface area contributed by atoms with Crippen molar-refractivity contribution in [2.75, 3.05) is 23.3 Å². The Hall–Kier alpha value is -3.13. The van der Waals surface area contributed by atoms with Gasteiger partial charge in [-0.1, -0.05) is 6.07 Å². The second-order valence-corrected chi connectivity index (χ2v) is 7.44. The van der Waals surface area contributed by atoms with Crippen LogP contribution in [0.25, 0.3) is 0 Å². The van der Waals surface area contributed by atoms with E-state index in [0.717, 1.165) is 12.8 Å². The van der Waals surface area contributed by atoms with Gasteiger partial charge in [-0.15, -0.1) is 0 Å². The fourth-order valence-electron chi connectivity index (χ4n) is 3.22. The van der Waals surface area contributed by atoms with Crippen LogP contribution in [0, 0.1) is 0 Å². The van der Waals surface area contributed by atoms with E-state index in [1.807, 2.05) is 0 Å². The summed E-state index contributed by atoms with van der Waals surface area (Å²) >= 11 is 0. The first-order valence-electron chi connectivity index (χ1n) is 9.58. The molecule has 3 rings (SSSR count). The molecule has 2 heterocycles. The van der Waals surface area contributed by atoms with E-state index in [-0.39, 0.29) is 18.9 Å². The summed E-state index contributed by atoms with van der Waals surface area (Å²) in [6.45, 7) is 2.08. The van der Waals surface area contributed by atoms with Crippen molar-refractivity contribution in [3.05, 3.63) is 48.4 Å². The predicted molar refractivity (Wildman–Crippen MR) is 107 cm³/mol. The predicted octanol–water partition coefficient (Wildman–Crippen LogP) is 1.84. The third-order valence-electron chi connectivity index (χ3n) is 4.71. The van der Waals surface area contributed by atoms with Crippen molar-refractivity contribution in [1.82, 2.24) is 5.32 Å². The summed E-state index contributed by atoms with van der Waals surface area (Å²) in [4.78, 5) is 38.1. The molecular formula is C21H25N3O5. The number of rotatable bonds is 6. The number of nitrogens with zero attached hydrogens (tertiary/aromatic N) is 1. The number of aliphatic hydroxyl groups is 1. The lowest BCUT2D eigenvalue weighted by Crippen LogP contribution is -2.45. The first-order chi connectivity index (χ1) is 13.8. The Kier molecular flexibility index (Phi) is 6.33. The van der Waals surface area contributed by atoms with Crippen LogP contribution < -0.4 is 15.5 Å². The molecule has 1 aliphatic rings. The molecule has 0 spiro atoms. The van der Waals surface area contributed by atoms with Crippen LogP contribution in [0.2, 0.25) is 0 Å². The number of benzene rings is 1. The number of hydrogen-bond donors (Lipinski definition) is 3. The fraction of sp³-hybridized carbons (Fsp3) is 0.381. The first-order valence-corrected chi connectivity index (χ1v) is 9.58. The first kappa shape index (κ1) is 20.6. The van der Waals surface area contributed by atoms with Crippen molar-refractivity contribution >= 4 is 29.1 Å². The van der Waals surface area contributed by atoms with Crippen LogP contribution in [0.4, 0.5) is 11.4 Å². The van der Waals surface area contributed by atoms with Crippen LogP contribution in [0.3, 0.4) is 0 Å². The highest BCUT2D eigenvalue weighted by atomic mass is 16.3. The van der Waals surface area contributed by atoms with E-state index in [9.17, 15) is 19.5 Å². The molecule has 0 saturated carbocycles. The maximum atomic E-state index is 12.2. The van der Waals surface area contributed by atoms with Crippen molar-refractivity contribution in [3.8, 4) is 0 Å². The maximum Gasteiger partial charge on any atom is 0.313 e. The number of nitrogens with one attached hydrogen (secondary N) is 2. The van der Waals surface area contributed by atoms with Crippen molar-refractivity contribution in [2.24, 2.45) is 0 Å². The number of amides is 3. The van der Waals surface area contributed by atoms with Gasteiger partial charge in [0.15, 0.2) is 0 Å². The van der Waals surface area contributed by atoms with Gasteiger partial charge in [-0.3, -0.25) is 14.4 Å². The average Bonchev–Trinajstić information content (AvgIpc) is 3.19. The smallest absolute Gasteiger partial charge is 0.313 e. The van der Waals surface area contributed by atoms with Crippen LogP contribution >= 0.6 is 0 Å². The standard InChI is InChI=1S/C21H25N3O5/c1-21(28,13-17-8-5-11-29-17)14-22-19(26)20(27)23-15-6-4-7-16(12-15)24-10-3-2-9-18(24)25/h4-8,11-12,28H,2-3,9-10,13-14H2,1H3,(H,22,26)(H,23,27)/t21-/m1/s1. The summed E-state index contributed by atoms with van der Waals surface area (Å²) in [5.74, 6) is -1.07. The molecule has 0 unspecified atom stereocenters. The Morgan fingerprint density at radius 3 is 2.76 bits per heavy atom. The Morgan fingerprint density at radius 2 is 2.03 bits per heavy atom. The monoisotopic (exact) mass is 399 g/mol. The topological polar surface area (TPSA) is 112 Å². The normalized spacial score (nSPS) is 16.2. The highest BCUT2D eigenvalue weighted by Crippen LogP contribution is 2.23. The van der Waals surface area contributed by atoms with Crippen molar-refractivity contribution < 1.29 is 23.9 Å². The lowest BCUT2D eigenvalue weighted by molar-refractivity contribution is -0.136. The molecule has 1 fully saturated rings. The number of piperidine rings is 1. The molecule has 1 aliphatic heterocycles. The van der Waals surface area contributed by atoms with Gasteiger partial charge in [0.2, 0.25) is 5.91 Å². The molecule has 29 heavy (non-hydrogen) atoms. The van der Waals surface area contributed by atoms with E-state index < -0.39 is 17.4 Å². The Balaban J connectivity index is 1.55. The molecule has 1 aromatic heterocycles.